The summed E-state index contributed by atoms with van der Waals surface area (Å²) in [5.41, 5.74) is 0.371. The molecule has 2 amide bonds. The van der Waals surface area contributed by atoms with Crippen molar-refractivity contribution in [2.24, 2.45) is 0 Å². The van der Waals surface area contributed by atoms with Gasteiger partial charge in [-0.15, -0.1) is 0 Å². The highest BCUT2D eigenvalue weighted by molar-refractivity contribution is 6.37. The minimum atomic E-state index is -0.333. The Labute approximate surface area is 111 Å². The first kappa shape index (κ1) is 13.1. The van der Waals surface area contributed by atoms with E-state index in [1.807, 2.05) is 13.8 Å². The van der Waals surface area contributed by atoms with Gasteiger partial charge < -0.3 is 5.32 Å². The summed E-state index contributed by atoms with van der Waals surface area (Å²) in [7, 11) is 1.80. The zero-order chi connectivity index (χ0) is 13.5. The molecule has 1 aromatic rings. The van der Waals surface area contributed by atoms with Gasteiger partial charge in [0.2, 0.25) is 0 Å². The van der Waals surface area contributed by atoms with Gasteiger partial charge in [-0.3, -0.25) is 14.5 Å². The molecule has 1 N–H and O–H groups in total. The normalized spacial score (nSPS) is 15.2. The molecule has 0 atom stereocenters. The van der Waals surface area contributed by atoms with E-state index in [-0.39, 0.29) is 17.4 Å². The minimum absolute atomic E-state index is 0.277. The number of hydrogen-bond donors (Lipinski definition) is 1. The summed E-state index contributed by atoms with van der Waals surface area (Å²) < 4.78 is 0. The third-order valence-corrected chi connectivity index (χ3v) is 3.49. The highest BCUT2D eigenvalue weighted by atomic mass is 35.5. The number of fused-ring (bicyclic) bond motifs is 1. The van der Waals surface area contributed by atoms with Gasteiger partial charge in [0.05, 0.1) is 16.1 Å². The second-order valence-corrected chi connectivity index (χ2v) is 5.40. The quantitative estimate of drug-likeness (QED) is 0.851. The Morgan fingerprint density at radius 3 is 2.50 bits per heavy atom. The third kappa shape index (κ3) is 2.02. The molecular weight excluding hydrogens is 252 g/mol. The second kappa shape index (κ2) is 4.37. The molecule has 0 unspecified atom stereocenters. The van der Waals surface area contributed by atoms with Crippen molar-refractivity contribution >= 4 is 23.4 Å². The molecule has 0 aliphatic carbocycles. The summed E-state index contributed by atoms with van der Waals surface area (Å²) in [6.45, 7) is 4.17. The Morgan fingerprint density at radius 1 is 1.28 bits per heavy atom. The van der Waals surface area contributed by atoms with Gasteiger partial charge in [-0.2, -0.15) is 0 Å². The van der Waals surface area contributed by atoms with Crippen molar-refractivity contribution in [3.05, 3.63) is 34.3 Å². The maximum atomic E-state index is 12.2. The van der Waals surface area contributed by atoms with Crippen molar-refractivity contribution in [3.8, 4) is 0 Å². The lowest BCUT2D eigenvalue weighted by molar-refractivity contribution is 0.0616. The fraction of sp³-hybridized carbons (Fsp3) is 0.385. The first-order chi connectivity index (χ1) is 8.37. The zero-order valence-corrected chi connectivity index (χ0v) is 11.3. The third-order valence-electron chi connectivity index (χ3n) is 3.18. The summed E-state index contributed by atoms with van der Waals surface area (Å²) in [5.74, 6) is -0.593. The van der Waals surface area contributed by atoms with E-state index in [1.54, 1.807) is 25.2 Å². The maximum absolute atomic E-state index is 12.2. The molecule has 0 saturated heterocycles. The van der Waals surface area contributed by atoms with E-state index in [1.165, 1.54) is 4.90 Å². The van der Waals surface area contributed by atoms with Crippen molar-refractivity contribution in [2.75, 3.05) is 13.6 Å². The second-order valence-electron chi connectivity index (χ2n) is 4.99. The van der Waals surface area contributed by atoms with Crippen LogP contribution in [-0.4, -0.2) is 35.8 Å². The molecule has 0 fully saturated rings. The van der Waals surface area contributed by atoms with Gasteiger partial charge in [0.1, 0.15) is 0 Å². The summed E-state index contributed by atoms with van der Waals surface area (Å²) >= 11 is 5.98. The molecule has 5 heteroatoms. The van der Waals surface area contributed by atoms with Crippen LogP contribution in [0, 0.1) is 0 Å². The number of imide groups is 1. The topological polar surface area (TPSA) is 49.4 Å². The first-order valence-corrected chi connectivity index (χ1v) is 6.09. The molecule has 1 aromatic carbocycles. The predicted molar refractivity (Wildman–Crippen MR) is 70.0 cm³/mol. The SMILES string of the molecule is CNC(C)(C)CN1C(=O)c2cccc(Cl)c2C1=O. The average Bonchev–Trinajstić information content (AvgIpc) is 2.55. The Bertz CT molecular complexity index is 526. The van der Waals surface area contributed by atoms with Gasteiger partial charge in [-0.25, -0.2) is 0 Å². The summed E-state index contributed by atoms with van der Waals surface area (Å²) in [4.78, 5) is 25.6. The van der Waals surface area contributed by atoms with Crippen LogP contribution >= 0.6 is 11.6 Å². The van der Waals surface area contributed by atoms with Gasteiger partial charge in [-0.05, 0) is 33.0 Å². The number of rotatable bonds is 3. The van der Waals surface area contributed by atoms with Gasteiger partial charge >= 0.3 is 0 Å². The van der Waals surface area contributed by atoms with E-state index in [4.69, 9.17) is 11.6 Å². The summed E-state index contributed by atoms with van der Waals surface area (Å²) in [6.07, 6.45) is 0. The first-order valence-electron chi connectivity index (χ1n) is 5.71. The standard InChI is InChI=1S/C13H15ClN2O2/c1-13(2,15-3)7-16-11(17)8-5-4-6-9(14)10(8)12(16)18/h4-6,15H,7H2,1-3H3. The summed E-state index contributed by atoms with van der Waals surface area (Å²) in [6, 6.07) is 4.94. The zero-order valence-electron chi connectivity index (χ0n) is 10.6. The van der Waals surface area contributed by atoms with Crippen LogP contribution in [0.5, 0.6) is 0 Å². The van der Waals surface area contributed by atoms with Crippen LogP contribution in [0.2, 0.25) is 5.02 Å². The number of halogens is 1. The number of likely N-dealkylation sites (N-methyl/N-ethyl adjacent to an activating group) is 1. The number of nitrogens with zero attached hydrogens (tertiary/aromatic N) is 1. The van der Waals surface area contributed by atoms with E-state index >= 15 is 0 Å². The van der Waals surface area contributed by atoms with Crippen molar-refractivity contribution in [1.29, 1.82) is 0 Å². The van der Waals surface area contributed by atoms with E-state index in [2.05, 4.69) is 5.32 Å². The van der Waals surface area contributed by atoms with Crippen molar-refractivity contribution < 1.29 is 9.59 Å². The van der Waals surface area contributed by atoms with Gasteiger partial charge in [0, 0.05) is 12.1 Å². The van der Waals surface area contributed by atoms with Gasteiger partial charge in [0.25, 0.3) is 11.8 Å². The molecule has 96 valence electrons. The molecule has 1 aliphatic heterocycles. The van der Waals surface area contributed by atoms with E-state index < -0.39 is 0 Å². The number of carbonyl (C=O) groups excluding carboxylic acids is 2. The van der Waals surface area contributed by atoms with E-state index in [0.717, 1.165) is 0 Å². The van der Waals surface area contributed by atoms with Crippen LogP contribution in [0.4, 0.5) is 0 Å². The molecule has 0 bridgehead atoms. The van der Waals surface area contributed by atoms with Crippen LogP contribution < -0.4 is 5.32 Å². The maximum Gasteiger partial charge on any atom is 0.263 e. The lowest BCUT2D eigenvalue weighted by Crippen LogP contribution is -2.49. The van der Waals surface area contributed by atoms with Crippen molar-refractivity contribution in [2.45, 2.75) is 19.4 Å². The Hall–Kier alpha value is -1.39. The molecule has 4 nitrogen and oxygen atoms in total. The molecule has 0 spiro atoms. The number of nitrogens with one attached hydrogen (secondary N) is 1. The molecule has 1 heterocycles. The highest BCUT2D eigenvalue weighted by Gasteiger charge is 2.39. The van der Waals surface area contributed by atoms with Crippen LogP contribution in [0.3, 0.4) is 0 Å². The van der Waals surface area contributed by atoms with E-state index in [9.17, 15) is 9.59 Å². The number of amides is 2. The fourth-order valence-electron chi connectivity index (χ4n) is 1.91. The average molecular weight is 267 g/mol. The summed E-state index contributed by atoms with van der Waals surface area (Å²) in [5, 5.41) is 3.40. The number of carbonyl (C=O) groups is 2. The predicted octanol–water partition coefficient (Wildman–Crippen LogP) is 1.93. The Balaban J connectivity index is 2.38. The highest BCUT2D eigenvalue weighted by Crippen LogP contribution is 2.29. The molecule has 0 saturated carbocycles. The molecule has 0 aromatic heterocycles. The van der Waals surface area contributed by atoms with E-state index in [0.29, 0.717) is 22.7 Å². The lowest BCUT2D eigenvalue weighted by atomic mass is 10.1. The van der Waals surface area contributed by atoms with Crippen LogP contribution in [0.1, 0.15) is 34.6 Å². The van der Waals surface area contributed by atoms with Crippen LogP contribution in [0.15, 0.2) is 18.2 Å². The van der Waals surface area contributed by atoms with Crippen molar-refractivity contribution in [3.63, 3.8) is 0 Å². The largest absolute Gasteiger partial charge is 0.313 e. The van der Waals surface area contributed by atoms with Gasteiger partial charge in [-0.1, -0.05) is 17.7 Å². The molecule has 2 rings (SSSR count). The monoisotopic (exact) mass is 266 g/mol. The molecule has 0 radical (unpaired) electrons. The molecule has 18 heavy (non-hydrogen) atoms. The minimum Gasteiger partial charge on any atom is -0.313 e. The smallest absolute Gasteiger partial charge is 0.263 e. The molecular formula is C13H15ClN2O2. The van der Waals surface area contributed by atoms with Crippen LogP contribution in [0.25, 0.3) is 0 Å². The van der Waals surface area contributed by atoms with Gasteiger partial charge in [0.15, 0.2) is 0 Å². The fourth-order valence-corrected chi connectivity index (χ4v) is 2.17. The van der Waals surface area contributed by atoms with Crippen molar-refractivity contribution in [1.82, 2.24) is 10.2 Å². The number of hydrogen-bond acceptors (Lipinski definition) is 3. The van der Waals surface area contributed by atoms with Crippen LogP contribution in [-0.2, 0) is 0 Å². The number of benzene rings is 1. The lowest BCUT2D eigenvalue weighted by Gasteiger charge is -2.28. The Morgan fingerprint density at radius 2 is 1.94 bits per heavy atom. The molecule has 1 aliphatic rings. The Kier molecular flexibility index (Phi) is 3.17.